The van der Waals surface area contributed by atoms with Gasteiger partial charge in [0.2, 0.25) is 0 Å². The summed E-state index contributed by atoms with van der Waals surface area (Å²) in [6, 6.07) is 11.1. The second-order valence-electron chi connectivity index (χ2n) is 4.62. The van der Waals surface area contributed by atoms with Crippen LogP contribution in [-0.2, 0) is 0 Å². The number of aromatic carboxylic acids is 1. The van der Waals surface area contributed by atoms with E-state index in [-0.39, 0.29) is 27.1 Å². The molecule has 0 aliphatic carbocycles. The van der Waals surface area contributed by atoms with Crippen LogP contribution in [0.2, 0.25) is 5.02 Å². The largest absolute Gasteiger partial charge is 0.493 e. The number of amides is 1. The van der Waals surface area contributed by atoms with Gasteiger partial charge in [-0.15, -0.1) is 0 Å². The molecule has 0 aromatic heterocycles. The predicted octanol–water partition coefficient (Wildman–Crippen LogP) is 3.17. The first-order valence-electron chi connectivity index (χ1n) is 6.70. The van der Waals surface area contributed by atoms with Crippen LogP contribution in [0.25, 0.3) is 0 Å². The van der Waals surface area contributed by atoms with Gasteiger partial charge in [0, 0.05) is 5.56 Å². The van der Waals surface area contributed by atoms with Crippen LogP contribution in [0, 0.1) is 0 Å². The van der Waals surface area contributed by atoms with E-state index in [0.29, 0.717) is 5.56 Å². The molecule has 1 amide bonds. The number of nitrogens with one attached hydrogen (secondary N) is 2. The van der Waals surface area contributed by atoms with Crippen molar-refractivity contribution in [3.63, 3.8) is 0 Å². The van der Waals surface area contributed by atoms with Crippen molar-refractivity contribution < 1.29 is 19.4 Å². The first-order valence-corrected chi connectivity index (χ1v) is 7.49. The van der Waals surface area contributed by atoms with Crippen LogP contribution in [0.3, 0.4) is 0 Å². The van der Waals surface area contributed by atoms with Gasteiger partial charge in [-0.2, -0.15) is 0 Å². The summed E-state index contributed by atoms with van der Waals surface area (Å²) >= 11 is 11.1. The van der Waals surface area contributed by atoms with E-state index < -0.39 is 11.9 Å². The number of carboxylic acids is 1. The Morgan fingerprint density at radius 3 is 2.42 bits per heavy atom. The number of thiocarbonyl (C=S) groups is 1. The van der Waals surface area contributed by atoms with Gasteiger partial charge in [0.15, 0.2) is 10.9 Å². The molecule has 0 saturated carbocycles. The van der Waals surface area contributed by atoms with Gasteiger partial charge in [-0.25, -0.2) is 4.79 Å². The molecule has 0 atom stereocenters. The molecule has 8 heteroatoms. The minimum Gasteiger partial charge on any atom is -0.493 e. The predicted molar refractivity (Wildman–Crippen MR) is 95.1 cm³/mol. The molecule has 124 valence electrons. The fourth-order valence-electron chi connectivity index (χ4n) is 1.94. The average Bonchev–Trinajstić information content (AvgIpc) is 2.55. The number of carboxylic acid groups (broad SMARTS) is 1. The van der Waals surface area contributed by atoms with Gasteiger partial charge in [-0.3, -0.25) is 10.1 Å². The highest BCUT2D eigenvalue weighted by Crippen LogP contribution is 2.34. The summed E-state index contributed by atoms with van der Waals surface area (Å²) < 4.78 is 5.14. The van der Waals surface area contributed by atoms with Crippen molar-refractivity contribution in [2.75, 3.05) is 12.4 Å². The molecule has 3 N–H and O–H groups in total. The van der Waals surface area contributed by atoms with Crippen molar-refractivity contribution in [2.45, 2.75) is 0 Å². The molecule has 2 aromatic carbocycles. The molecule has 2 rings (SSSR count). The monoisotopic (exact) mass is 364 g/mol. The van der Waals surface area contributed by atoms with Gasteiger partial charge in [-0.05, 0) is 36.5 Å². The lowest BCUT2D eigenvalue weighted by Crippen LogP contribution is -2.34. The number of anilines is 1. The van der Waals surface area contributed by atoms with Crippen LogP contribution in [0.1, 0.15) is 20.7 Å². The van der Waals surface area contributed by atoms with Gasteiger partial charge >= 0.3 is 5.97 Å². The average molecular weight is 365 g/mol. The summed E-state index contributed by atoms with van der Waals surface area (Å²) in [6.07, 6.45) is 0. The maximum atomic E-state index is 12.1. The Morgan fingerprint density at radius 1 is 1.17 bits per heavy atom. The normalized spacial score (nSPS) is 9.92. The standard InChI is InChI=1S/C16H13ClN2O4S/c1-23-13-11(17)7-10(15(21)22)8-12(13)18-16(24)19-14(20)9-5-3-2-4-6-9/h2-8H,1H3,(H,21,22)(H2,18,19,20,24). The number of carbonyl (C=O) groups is 2. The van der Waals surface area contributed by atoms with Crippen molar-refractivity contribution in [1.29, 1.82) is 0 Å². The van der Waals surface area contributed by atoms with Crippen LogP contribution >= 0.6 is 23.8 Å². The summed E-state index contributed by atoms with van der Waals surface area (Å²) in [7, 11) is 1.39. The smallest absolute Gasteiger partial charge is 0.335 e. The van der Waals surface area contributed by atoms with E-state index in [9.17, 15) is 9.59 Å². The molecule has 24 heavy (non-hydrogen) atoms. The van der Waals surface area contributed by atoms with Crippen molar-refractivity contribution in [1.82, 2.24) is 5.32 Å². The number of rotatable bonds is 4. The Balaban J connectivity index is 2.19. The molecule has 6 nitrogen and oxygen atoms in total. The minimum atomic E-state index is -1.15. The molecule has 0 saturated heterocycles. The zero-order valence-electron chi connectivity index (χ0n) is 12.5. The number of methoxy groups -OCH3 is 1. The topological polar surface area (TPSA) is 87.7 Å². The lowest BCUT2D eigenvalue weighted by atomic mass is 10.2. The lowest BCUT2D eigenvalue weighted by Gasteiger charge is -2.14. The molecule has 0 fully saturated rings. The Kier molecular flexibility index (Phi) is 5.73. The fourth-order valence-corrected chi connectivity index (χ4v) is 2.43. The number of carbonyl (C=O) groups excluding carboxylic acids is 1. The zero-order valence-corrected chi connectivity index (χ0v) is 14.1. The second kappa shape index (κ2) is 7.76. The maximum Gasteiger partial charge on any atom is 0.335 e. The van der Waals surface area contributed by atoms with Gasteiger partial charge < -0.3 is 15.2 Å². The maximum absolute atomic E-state index is 12.1. The number of ether oxygens (including phenoxy) is 1. The van der Waals surface area contributed by atoms with Crippen molar-refractivity contribution in [2.24, 2.45) is 0 Å². The molecular weight excluding hydrogens is 352 g/mol. The van der Waals surface area contributed by atoms with Gasteiger partial charge in [0.25, 0.3) is 5.91 Å². The molecule has 0 heterocycles. The van der Waals surface area contributed by atoms with Gasteiger partial charge in [0.05, 0.1) is 23.4 Å². The molecule has 0 unspecified atom stereocenters. The van der Waals surface area contributed by atoms with Gasteiger partial charge in [0.1, 0.15) is 0 Å². The number of halogens is 1. The fraction of sp³-hybridized carbons (Fsp3) is 0.0625. The quantitative estimate of drug-likeness (QED) is 0.722. The van der Waals surface area contributed by atoms with Crippen molar-refractivity contribution in [3.05, 3.63) is 58.6 Å². The summed E-state index contributed by atoms with van der Waals surface area (Å²) in [5, 5.41) is 14.4. The first-order chi connectivity index (χ1) is 11.4. The highest BCUT2D eigenvalue weighted by molar-refractivity contribution is 7.80. The van der Waals surface area contributed by atoms with E-state index >= 15 is 0 Å². The van der Waals surface area contributed by atoms with E-state index in [1.165, 1.54) is 19.2 Å². The minimum absolute atomic E-state index is 0.0132. The number of hydrogen-bond donors (Lipinski definition) is 3. The van der Waals surface area contributed by atoms with Crippen LogP contribution in [0.5, 0.6) is 5.75 Å². The van der Waals surface area contributed by atoms with Crippen LogP contribution in [-0.4, -0.2) is 29.2 Å². The molecule has 0 aliphatic heterocycles. The van der Waals surface area contributed by atoms with Crippen molar-refractivity contribution in [3.8, 4) is 5.75 Å². The summed E-state index contributed by atoms with van der Waals surface area (Å²) in [6.45, 7) is 0. The van der Waals surface area contributed by atoms with E-state index in [1.54, 1.807) is 30.3 Å². The molecule has 2 aromatic rings. The Bertz CT molecular complexity index is 796. The Hall–Kier alpha value is -2.64. The SMILES string of the molecule is COc1c(Cl)cc(C(=O)O)cc1NC(=S)NC(=O)c1ccccc1. The first kappa shape index (κ1) is 17.7. The Labute approximate surface area is 148 Å². The van der Waals surface area contributed by atoms with Crippen LogP contribution < -0.4 is 15.4 Å². The van der Waals surface area contributed by atoms with Crippen LogP contribution in [0.4, 0.5) is 5.69 Å². The summed E-state index contributed by atoms with van der Waals surface area (Å²) in [5.74, 6) is -1.33. The van der Waals surface area contributed by atoms with E-state index in [2.05, 4.69) is 10.6 Å². The van der Waals surface area contributed by atoms with E-state index in [4.69, 9.17) is 33.7 Å². The summed E-state index contributed by atoms with van der Waals surface area (Å²) in [5.41, 5.74) is 0.632. The van der Waals surface area contributed by atoms with E-state index in [1.807, 2.05) is 0 Å². The van der Waals surface area contributed by atoms with Crippen LogP contribution in [0.15, 0.2) is 42.5 Å². The third-order valence-corrected chi connectivity index (χ3v) is 3.49. The second-order valence-corrected chi connectivity index (χ2v) is 5.43. The Morgan fingerprint density at radius 2 is 1.83 bits per heavy atom. The lowest BCUT2D eigenvalue weighted by molar-refractivity contribution is 0.0696. The third kappa shape index (κ3) is 4.21. The number of benzene rings is 2. The molecule has 0 aliphatic rings. The molecule has 0 bridgehead atoms. The molecule has 0 spiro atoms. The third-order valence-electron chi connectivity index (χ3n) is 3.01. The summed E-state index contributed by atoms with van der Waals surface area (Å²) in [4.78, 5) is 23.2. The molecule has 0 radical (unpaired) electrons. The highest BCUT2D eigenvalue weighted by atomic mass is 35.5. The highest BCUT2D eigenvalue weighted by Gasteiger charge is 2.16. The zero-order chi connectivity index (χ0) is 17.7. The molecular formula is C16H13ClN2O4S. The van der Waals surface area contributed by atoms with Gasteiger partial charge in [-0.1, -0.05) is 29.8 Å². The number of hydrogen-bond acceptors (Lipinski definition) is 4. The van der Waals surface area contributed by atoms with E-state index in [0.717, 1.165) is 0 Å². The van der Waals surface area contributed by atoms with Crippen molar-refractivity contribution >= 4 is 46.5 Å².